The summed E-state index contributed by atoms with van der Waals surface area (Å²) in [7, 11) is -0.693. The minimum atomic E-state index is -3.74. The number of hydrogen-bond acceptors (Lipinski definition) is 12. The molecule has 4 heterocycles. The molecule has 17 heteroatoms. The maximum absolute atomic E-state index is 11.6. The molecule has 1 fully saturated rings. The molecule has 6 rings (SSSR count). The Bertz CT molecular complexity index is 2180. The van der Waals surface area contributed by atoms with Gasteiger partial charge in [-0.1, -0.05) is 59.6 Å². The number of benzene rings is 2. The molecular formula is C34H34Cl2N8O5S2. The maximum Gasteiger partial charge on any atom is 0.247 e. The van der Waals surface area contributed by atoms with E-state index in [0.717, 1.165) is 22.6 Å². The first kappa shape index (κ1) is 36.6. The lowest BCUT2D eigenvalue weighted by atomic mass is 9.98. The van der Waals surface area contributed by atoms with Crippen molar-refractivity contribution in [3.63, 3.8) is 0 Å². The average molecular weight is 770 g/mol. The topological polar surface area (TPSA) is 183 Å². The molecule has 266 valence electrons. The number of sulfonamides is 1. The number of carbonyl (C=O) groups is 1. The van der Waals surface area contributed by atoms with Crippen LogP contribution in [0.4, 0.5) is 0 Å². The van der Waals surface area contributed by atoms with Crippen LogP contribution in [0.3, 0.4) is 0 Å². The Kier molecular flexibility index (Phi) is 11.5. The number of nitrogens with two attached hydrogens (primary N) is 1. The number of aromatic nitrogens is 4. The van der Waals surface area contributed by atoms with Gasteiger partial charge in [0.1, 0.15) is 15.6 Å². The summed E-state index contributed by atoms with van der Waals surface area (Å²) < 4.78 is 34.4. The van der Waals surface area contributed by atoms with Crippen LogP contribution in [-0.4, -0.2) is 61.1 Å². The zero-order chi connectivity index (χ0) is 36.1. The largest absolute Gasteiger partial charge is 0.480 e. The fraction of sp³-hybridized carbons (Fsp3) is 0.265. The van der Waals surface area contributed by atoms with E-state index in [-0.39, 0.29) is 16.2 Å². The molecule has 3 aromatic heterocycles. The summed E-state index contributed by atoms with van der Waals surface area (Å²) in [5.74, 6) is 0.751. The Labute approximate surface area is 309 Å². The first-order valence-corrected chi connectivity index (χ1v) is 18.9. The summed E-state index contributed by atoms with van der Waals surface area (Å²) in [6.07, 6.45) is 4.62. The Morgan fingerprint density at radius 2 is 1.39 bits per heavy atom. The normalized spacial score (nSPS) is 14.5. The van der Waals surface area contributed by atoms with Crippen molar-refractivity contribution in [1.82, 2.24) is 35.9 Å². The molecule has 1 aliphatic heterocycles. The number of amides is 1. The molecule has 13 nitrogen and oxygen atoms in total. The Hall–Kier alpha value is -4.22. The molecule has 2 aromatic carbocycles. The van der Waals surface area contributed by atoms with Crippen LogP contribution in [0.2, 0.25) is 10.0 Å². The van der Waals surface area contributed by atoms with Gasteiger partial charge in [0, 0.05) is 65.8 Å². The Balaban J connectivity index is 1.19. The van der Waals surface area contributed by atoms with Crippen LogP contribution in [0.15, 0.2) is 65.1 Å². The molecule has 5 aromatic rings. The standard InChI is InChI=1S/C34H34Cl2N8O5S2/c1-48-33-27(15-38-13-19-9-11-29(45)42-19)40-17-25(43-33)23-7-3-5-21(31(23)35)22-6-4-8-24(32(22)36)26-18-41-28(34(44-26)49-2)16-39-14-20-10-12-30(50-20)51(37,46)47/h3-8,10,12,17-19,38-39H,9,11,13-16H2,1-2H3,(H,42,45)(H2,37,46,47)/t19-/m0/s1. The van der Waals surface area contributed by atoms with Crippen molar-refractivity contribution in [2.75, 3.05) is 20.8 Å². The van der Waals surface area contributed by atoms with E-state index >= 15 is 0 Å². The molecule has 1 aliphatic rings. The van der Waals surface area contributed by atoms with Crippen LogP contribution < -0.4 is 30.6 Å². The lowest BCUT2D eigenvalue weighted by molar-refractivity contribution is -0.119. The lowest BCUT2D eigenvalue weighted by Gasteiger charge is -2.15. The van der Waals surface area contributed by atoms with E-state index in [1.165, 1.54) is 20.3 Å². The third kappa shape index (κ3) is 8.47. The van der Waals surface area contributed by atoms with Gasteiger partial charge in [0.2, 0.25) is 27.7 Å². The number of halogens is 2. The van der Waals surface area contributed by atoms with Crippen LogP contribution in [0.1, 0.15) is 29.1 Å². The van der Waals surface area contributed by atoms with Crippen LogP contribution >= 0.6 is 34.5 Å². The second-order valence-corrected chi connectivity index (χ2v) is 15.3. The summed E-state index contributed by atoms with van der Waals surface area (Å²) in [5, 5.41) is 15.6. The van der Waals surface area contributed by atoms with Gasteiger partial charge in [-0.05, 0) is 18.6 Å². The van der Waals surface area contributed by atoms with E-state index in [1.54, 1.807) is 18.5 Å². The van der Waals surface area contributed by atoms with Gasteiger partial charge >= 0.3 is 0 Å². The Morgan fingerprint density at radius 1 is 0.843 bits per heavy atom. The monoisotopic (exact) mass is 768 g/mol. The smallest absolute Gasteiger partial charge is 0.247 e. The first-order chi connectivity index (χ1) is 24.5. The van der Waals surface area contributed by atoms with E-state index < -0.39 is 10.0 Å². The second kappa shape index (κ2) is 16.0. The van der Waals surface area contributed by atoms with Crippen LogP contribution in [0, 0.1) is 0 Å². The molecule has 0 saturated carbocycles. The highest BCUT2D eigenvalue weighted by Gasteiger charge is 2.22. The van der Waals surface area contributed by atoms with Crippen LogP contribution in [0.5, 0.6) is 11.8 Å². The first-order valence-electron chi connectivity index (χ1n) is 15.8. The van der Waals surface area contributed by atoms with Gasteiger partial charge in [0.15, 0.2) is 0 Å². The lowest BCUT2D eigenvalue weighted by Crippen LogP contribution is -2.35. The number of thiophene rings is 1. The van der Waals surface area contributed by atoms with Crippen molar-refractivity contribution in [1.29, 1.82) is 0 Å². The molecule has 51 heavy (non-hydrogen) atoms. The number of primary sulfonamides is 1. The van der Waals surface area contributed by atoms with E-state index in [4.69, 9.17) is 42.8 Å². The van der Waals surface area contributed by atoms with Gasteiger partial charge in [0.05, 0.1) is 48.0 Å². The molecule has 0 radical (unpaired) electrons. The summed E-state index contributed by atoms with van der Waals surface area (Å²) in [5.41, 5.74) is 4.87. The molecule has 0 aliphatic carbocycles. The third-order valence-electron chi connectivity index (χ3n) is 8.13. The second-order valence-electron chi connectivity index (χ2n) is 11.6. The summed E-state index contributed by atoms with van der Waals surface area (Å²) in [6.45, 7) is 1.77. The zero-order valence-electron chi connectivity index (χ0n) is 27.6. The van der Waals surface area contributed by atoms with Crippen LogP contribution in [-0.2, 0) is 34.5 Å². The number of methoxy groups -OCH3 is 2. The van der Waals surface area contributed by atoms with Gasteiger partial charge in [0.25, 0.3) is 0 Å². The molecule has 5 N–H and O–H groups in total. The zero-order valence-corrected chi connectivity index (χ0v) is 30.7. The summed E-state index contributed by atoms with van der Waals surface area (Å²) in [4.78, 5) is 30.9. The quantitative estimate of drug-likeness (QED) is 0.120. The highest BCUT2D eigenvalue weighted by Crippen LogP contribution is 2.42. The molecule has 1 saturated heterocycles. The van der Waals surface area contributed by atoms with Crippen molar-refractivity contribution in [3.05, 3.63) is 87.2 Å². The number of nitrogens with zero attached hydrogens (tertiary/aromatic N) is 4. The number of rotatable bonds is 14. The number of ether oxygens (including phenoxy) is 2. The maximum atomic E-state index is 11.6. The summed E-state index contributed by atoms with van der Waals surface area (Å²) in [6, 6.07) is 14.5. The van der Waals surface area contributed by atoms with E-state index in [0.29, 0.717) is 99.4 Å². The van der Waals surface area contributed by atoms with Crippen LogP contribution in [0.25, 0.3) is 33.6 Å². The Morgan fingerprint density at radius 3 is 1.88 bits per heavy atom. The van der Waals surface area contributed by atoms with Crippen molar-refractivity contribution >= 4 is 50.5 Å². The fourth-order valence-corrected chi connectivity index (χ4v) is 8.00. The number of nitrogens with one attached hydrogen (secondary N) is 3. The van der Waals surface area contributed by atoms with Gasteiger partial charge in [-0.15, -0.1) is 11.3 Å². The average Bonchev–Trinajstić information content (AvgIpc) is 3.78. The molecular weight excluding hydrogens is 735 g/mol. The molecule has 0 unspecified atom stereocenters. The van der Waals surface area contributed by atoms with Crippen molar-refractivity contribution in [3.8, 4) is 45.4 Å². The van der Waals surface area contributed by atoms with Gasteiger partial charge < -0.3 is 25.4 Å². The molecule has 1 atom stereocenters. The molecule has 0 bridgehead atoms. The molecule has 0 spiro atoms. The summed E-state index contributed by atoms with van der Waals surface area (Å²) >= 11 is 15.2. The number of carbonyl (C=O) groups excluding carboxylic acids is 1. The minimum Gasteiger partial charge on any atom is -0.480 e. The van der Waals surface area contributed by atoms with Crippen molar-refractivity contribution in [2.24, 2.45) is 5.14 Å². The third-order valence-corrected chi connectivity index (χ3v) is 11.5. The number of hydrogen-bond donors (Lipinski definition) is 4. The van der Waals surface area contributed by atoms with Crippen molar-refractivity contribution < 1.29 is 22.7 Å². The van der Waals surface area contributed by atoms with E-state index in [9.17, 15) is 13.2 Å². The fourth-order valence-electron chi connectivity index (χ4n) is 5.60. The van der Waals surface area contributed by atoms with Gasteiger partial charge in [-0.2, -0.15) is 0 Å². The highest BCUT2D eigenvalue weighted by atomic mass is 35.5. The SMILES string of the molecule is COc1nc(-c2cccc(-c3cccc(-c4cnc(CNC[C@@H]5CCC(=O)N5)c(OC)n4)c3Cl)c2Cl)cnc1CNCc1ccc(S(N)(=O)=O)s1. The van der Waals surface area contributed by atoms with Gasteiger partial charge in [-0.3, -0.25) is 14.8 Å². The van der Waals surface area contributed by atoms with Crippen molar-refractivity contribution in [2.45, 2.75) is 42.7 Å². The van der Waals surface area contributed by atoms with E-state index in [2.05, 4.69) is 30.9 Å². The highest BCUT2D eigenvalue weighted by molar-refractivity contribution is 7.91. The van der Waals surface area contributed by atoms with E-state index in [1.807, 2.05) is 36.4 Å². The minimum absolute atomic E-state index is 0.0706. The predicted molar refractivity (Wildman–Crippen MR) is 196 cm³/mol. The van der Waals surface area contributed by atoms with Gasteiger partial charge in [-0.25, -0.2) is 23.5 Å². The predicted octanol–water partition coefficient (Wildman–Crippen LogP) is 4.96. The molecule has 1 amide bonds.